The molecule has 0 aliphatic heterocycles. The number of oxime groups is 1. The highest BCUT2D eigenvalue weighted by Crippen LogP contribution is 2.57. The molecule has 2 bridgehead atoms. The summed E-state index contributed by atoms with van der Waals surface area (Å²) in [6, 6.07) is 21.5. The number of aliphatic imine (C=N–C) groups is 1. The van der Waals surface area contributed by atoms with E-state index in [2.05, 4.69) is 20.1 Å². The summed E-state index contributed by atoms with van der Waals surface area (Å²) >= 11 is 0. The smallest absolute Gasteiger partial charge is 0.198 e. The summed E-state index contributed by atoms with van der Waals surface area (Å²) in [6.07, 6.45) is 9.42. The van der Waals surface area contributed by atoms with Gasteiger partial charge in [-0.3, -0.25) is 0 Å². The Labute approximate surface area is 252 Å². The quantitative estimate of drug-likeness (QED) is 0.128. The zero-order chi connectivity index (χ0) is 30.3. The lowest BCUT2D eigenvalue weighted by Gasteiger charge is -2.52. The maximum Gasteiger partial charge on any atom is 0.198 e. The van der Waals surface area contributed by atoms with Gasteiger partial charge < -0.3 is 19.6 Å². The van der Waals surface area contributed by atoms with Crippen LogP contribution in [0.15, 0.2) is 93.1 Å². The van der Waals surface area contributed by atoms with E-state index in [1.54, 1.807) is 25.5 Å². The van der Waals surface area contributed by atoms with Crippen LogP contribution in [0.2, 0.25) is 0 Å². The Bertz CT molecular complexity index is 1490. The summed E-state index contributed by atoms with van der Waals surface area (Å²) in [5.41, 5.74) is 2.37. The van der Waals surface area contributed by atoms with Crippen molar-refractivity contribution in [3.63, 3.8) is 0 Å². The van der Waals surface area contributed by atoms with Gasteiger partial charge in [-0.1, -0.05) is 35.5 Å². The fourth-order valence-corrected chi connectivity index (χ4v) is 6.14. The summed E-state index contributed by atoms with van der Waals surface area (Å²) < 4.78 is 24.9. The molecule has 3 aromatic carbocycles. The van der Waals surface area contributed by atoms with Crippen molar-refractivity contribution < 1.29 is 19.1 Å². The second kappa shape index (κ2) is 13.2. The van der Waals surface area contributed by atoms with Crippen LogP contribution in [-0.4, -0.2) is 55.4 Å². The number of methoxy groups -OCH3 is 1. The molecular weight excluding hydrogens is 545 g/mol. The molecule has 0 saturated heterocycles. The van der Waals surface area contributed by atoms with Gasteiger partial charge in [-0.25, -0.2) is 9.38 Å². The molecule has 6 rings (SSSR count). The third-order valence-electron chi connectivity index (χ3n) is 8.66. The van der Waals surface area contributed by atoms with Crippen molar-refractivity contribution in [2.45, 2.75) is 45.1 Å². The second-order valence-corrected chi connectivity index (χ2v) is 11.6. The molecule has 0 amide bonds. The largest absolute Gasteiger partial charge is 0.496 e. The second-order valence-electron chi connectivity index (χ2n) is 11.6. The zero-order valence-corrected chi connectivity index (χ0v) is 24.9. The summed E-state index contributed by atoms with van der Waals surface area (Å²) in [4.78, 5) is 6.61. The molecule has 0 radical (unpaired) electrons. The summed E-state index contributed by atoms with van der Waals surface area (Å²) in [6.45, 7) is 0.480. The van der Waals surface area contributed by atoms with Crippen LogP contribution in [0, 0.1) is 16.6 Å². The lowest BCUT2D eigenvalue weighted by Crippen LogP contribution is -2.50. The fraction of sp³-hybridized carbons (Fsp3) is 0.353. The van der Waals surface area contributed by atoms with E-state index in [1.165, 1.54) is 12.1 Å². The molecule has 8 nitrogen and oxygen atoms in total. The van der Waals surface area contributed by atoms with Gasteiger partial charge >= 0.3 is 0 Å². The molecule has 43 heavy (non-hydrogen) atoms. The fourth-order valence-electron chi connectivity index (χ4n) is 6.14. The van der Waals surface area contributed by atoms with Crippen LogP contribution >= 0.6 is 0 Å². The Morgan fingerprint density at radius 2 is 1.65 bits per heavy atom. The maximum atomic E-state index is 13.3. The predicted octanol–water partition coefficient (Wildman–Crippen LogP) is 6.95. The third kappa shape index (κ3) is 6.93. The highest BCUT2D eigenvalue weighted by atomic mass is 19.1. The summed E-state index contributed by atoms with van der Waals surface area (Å²) in [7, 11) is 5.68. The maximum absolute atomic E-state index is 13.3. The van der Waals surface area contributed by atoms with Crippen LogP contribution in [0.5, 0.6) is 11.5 Å². The average Bonchev–Trinajstić information content (AvgIpc) is 3.04. The summed E-state index contributed by atoms with van der Waals surface area (Å²) in [5, 5.41) is 22.1. The molecule has 1 N–H and O–H groups in total. The number of hydrogen-bond acceptors (Lipinski definition) is 6. The number of ether oxygens (including phenoxy) is 2. The molecule has 0 atom stereocenters. The molecule has 224 valence electrons. The lowest BCUT2D eigenvalue weighted by molar-refractivity contribution is 0.0820. The zero-order valence-electron chi connectivity index (χ0n) is 24.9. The van der Waals surface area contributed by atoms with Gasteiger partial charge in [0.15, 0.2) is 5.84 Å². The first kappa shape index (κ1) is 29.9. The van der Waals surface area contributed by atoms with E-state index in [4.69, 9.17) is 14.6 Å². The highest BCUT2D eigenvalue weighted by molar-refractivity contribution is 6.03. The van der Waals surface area contributed by atoms with Crippen LogP contribution in [0.25, 0.3) is 0 Å². The Balaban J connectivity index is 1.26. The van der Waals surface area contributed by atoms with Crippen LogP contribution in [0.1, 0.15) is 55.2 Å². The van der Waals surface area contributed by atoms with Crippen molar-refractivity contribution in [2.75, 3.05) is 21.2 Å². The van der Waals surface area contributed by atoms with Gasteiger partial charge in [-0.15, -0.1) is 5.10 Å². The number of nitrogens with zero attached hydrogens (tertiary/aromatic N) is 5. The van der Waals surface area contributed by atoms with Gasteiger partial charge in [0.25, 0.3) is 0 Å². The minimum Gasteiger partial charge on any atom is -0.496 e. The molecule has 3 fully saturated rings. The molecule has 0 spiro atoms. The lowest BCUT2D eigenvalue weighted by atomic mass is 9.53. The van der Waals surface area contributed by atoms with Crippen molar-refractivity contribution >= 4 is 24.1 Å². The number of benzene rings is 3. The van der Waals surface area contributed by atoms with Crippen LogP contribution in [-0.2, 0) is 6.61 Å². The third-order valence-corrected chi connectivity index (χ3v) is 8.66. The SMILES string of the molecule is COc1cc(OCc2ccccc2)ccc1/C=N/N=C(\N(C)C)C12CCC(C=N/C(=N\O)c3ccc(F)cc3)(CC1)CC2. The molecule has 3 aliphatic carbocycles. The molecular formula is C34H38FN5O3. The van der Waals surface area contributed by atoms with Gasteiger partial charge in [0.05, 0.1) is 13.3 Å². The molecule has 0 unspecified atom stereocenters. The van der Waals surface area contributed by atoms with E-state index in [-0.39, 0.29) is 22.5 Å². The number of amidine groups is 2. The molecule has 3 aromatic rings. The first-order valence-electron chi connectivity index (χ1n) is 14.5. The minimum absolute atomic E-state index is 0.0551. The van der Waals surface area contributed by atoms with E-state index in [0.717, 1.165) is 61.2 Å². The number of rotatable bonds is 9. The monoisotopic (exact) mass is 583 g/mol. The first-order chi connectivity index (χ1) is 20.9. The minimum atomic E-state index is -0.344. The number of halogens is 1. The topological polar surface area (TPSA) is 91.4 Å². The Morgan fingerprint density at radius 1 is 0.953 bits per heavy atom. The van der Waals surface area contributed by atoms with Crippen LogP contribution in [0.3, 0.4) is 0 Å². The van der Waals surface area contributed by atoms with Crippen LogP contribution < -0.4 is 9.47 Å². The molecule has 9 heteroatoms. The van der Waals surface area contributed by atoms with Crippen molar-refractivity contribution in [1.29, 1.82) is 0 Å². The van der Waals surface area contributed by atoms with Crippen molar-refractivity contribution in [2.24, 2.45) is 31.2 Å². The number of fused-ring (bicyclic) bond motifs is 3. The summed E-state index contributed by atoms with van der Waals surface area (Å²) in [5.74, 6) is 2.21. The van der Waals surface area contributed by atoms with Gasteiger partial charge in [-0.2, -0.15) is 5.10 Å². The van der Waals surface area contributed by atoms with Gasteiger partial charge in [0, 0.05) is 48.3 Å². The normalized spacial score (nSPS) is 22.3. The average molecular weight is 584 g/mol. The van der Waals surface area contributed by atoms with Crippen molar-refractivity contribution in [3.8, 4) is 11.5 Å². The van der Waals surface area contributed by atoms with Crippen LogP contribution in [0.4, 0.5) is 4.39 Å². The number of hydrogen-bond donors (Lipinski definition) is 1. The Morgan fingerprint density at radius 3 is 2.28 bits per heavy atom. The van der Waals surface area contributed by atoms with Gasteiger partial charge in [-0.05, 0) is 80.5 Å². The van der Waals surface area contributed by atoms with E-state index in [0.29, 0.717) is 17.9 Å². The van der Waals surface area contributed by atoms with E-state index in [9.17, 15) is 9.60 Å². The van der Waals surface area contributed by atoms with E-state index in [1.807, 2.05) is 68.8 Å². The molecule has 3 saturated carbocycles. The standard InChI is InChI=1S/C34H38FN5O3/c1-40(2)32(38-37-22-27-11-14-29(21-30(27)42-3)43-23-25-7-5-4-6-8-25)34-18-15-33(16-19-34,17-20-34)24-36-31(39-41)26-9-12-28(35)13-10-26/h4-14,21-22,24,41H,15-20,23H2,1-3H3/b36-24?,37-22+,38-32-,39-31-. The molecule has 0 aromatic heterocycles. The Hall–Kier alpha value is -4.53. The van der Waals surface area contributed by atoms with E-state index >= 15 is 0 Å². The highest BCUT2D eigenvalue weighted by Gasteiger charge is 2.51. The van der Waals surface area contributed by atoms with Gasteiger partial charge in [0.1, 0.15) is 29.8 Å². The Kier molecular flexibility index (Phi) is 9.19. The van der Waals surface area contributed by atoms with Crippen molar-refractivity contribution in [3.05, 3.63) is 95.3 Å². The first-order valence-corrected chi connectivity index (χ1v) is 14.5. The van der Waals surface area contributed by atoms with Gasteiger partial charge in [0.2, 0.25) is 0 Å². The molecule has 3 aliphatic rings. The van der Waals surface area contributed by atoms with E-state index < -0.39 is 0 Å². The van der Waals surface area contributed by atoms with Crippen molar-refractivity contribution in [1.82, 2.24) is 4.90 Å². The molecule has 0 heterocycles. The predicted molar refractivity (Wildman–Crippen MR) is 168 cm³/mol.